The van der Waals surface area contributed by atoms with Gasteiger partial charge in [-0.25, -0.2) is 0 Å². The van der Waals surface area contributed by atoms with E-state index in [1.165, 1.54) is 0 Å². The van der Waals surface area contributed by atoms with Crippen LogP contribution in [0.25, 0.3) is 0 Å². The average Bonchev–Trinajstić information content (AvgIpc) is 1.12. The van der Waals surface area contributed by atoms with Gasteiger partial charge in [-0.05, 0) is 23.6 Å². The molecule has 3 radical (unpaired) electrons. The predicted molar refractivity (Wildman–Crippen MR) is 48.8 cm³/mol. The zero-order valence-electron chi connectivity index (χ0n) is 4.84. The van der Waals surface area contributed by atoms with Crippen molar-refractivity contribution in [3.05, 3.63) is 0 Å². The Kier molecular flexibility index (Phi) is 11.6. The van der Waals surface area contributed by atoms with Crippen LogP contribution in [-0.2, 0) is 23.6 Å². The molecule has 6 N–H and O–H groups in total. The molecule has 0 fully saturated rings. The third-order valence-corrected chi connectivity index (χ3v) is 0. The fourth-order valence-electron chi connectivity index (χ4n) is 0. The van der Waals surface area contributed by atoms with E-state index in [-0.39, 0.29) is 9.90 Å². The van der Waals surface area contributed by atoms with E-state index < -0.39 is 13.4 Å². The second kappa shape index (κ2) is 6.95. The molecule has 11 heavy (non-hydrogen) atoms. The van der Waals surface area contributed by atoms with Crippen LogP contribution >= 0.6 is 23.3 Å². The minimum absolute atomic E-state index is 0. The average molecular weight is 259 g/mol. The van der Waals surface area contributed by atoms with E-state index in [0.717, 1.165) is 0 Å². The van der Waals surface area contributed by atoms with Crippen LogP contribution in [0.5, 0.6) is 0 Å². The molecular formula is H6O6P3S2. The van der Waals surface area contributed by atoms with Gasteiger partial charge in [0, 0.05) is 9.90 Å². The van der Waals surface area contributed by atoms with Gasteiger partial charge in [-0.1, -0.05) is 0 Å². The topological polar surface area (TPSA) is 121 Å². The minimum atomic E-state index is -3.81. The number of rotatable bonds is 0. The Balaban J connectivity index is -0.000000107. The van der Waals surface area contributed by atoms with E-state index in [0.29, 0.717) is 0 Å². The SMILES string of the molecule is OP(O)(O)=S.OP(O)(O)=S.[P]. The molecule has 0 aromatic heterocycles. The lowest BCUT2D eigenvalue weighted by Crippen LogP contribution is -1.65. The van der Waals surface area contributed by atoms with Crippen LogP contribution in [0.4, 0.5) is 0 Å². The summed E-state index contributed by atoms with van der Waals surface area (Å²) in [6, 6.07) is 0. The van der Waals surface area contributed by atoms with Crippen molar-refractivity contribution in [2.45, 2.75) is 0 Å². The van der Waals surface area contributed by atoms with Crippen molar-refractivity contribution >= 4 is 46.9 Å². The van der Waals surface area contributed by atoms with Gasteiger partial charge < -0.3 is 29.4 Å². The van der Waals surface area contributed by atoms with Crippen molar-refractivity contribution in [1.29, 1.82) is 0 Å². The van der Waals surface area contributed by atoms with Gasteiger partial charge in [-0.2, -0.15) is 0 Å². The van der Waals surface area contributed by atoms with Crippen LogP contribution in [0.15, 0.2) is 0 Å². The summed E-state index contributed by atoms with van der Waals surface area (Å²) in [5.41, 5.74) is 0. The molecule has 0 saturated carbocycles. The molecule has 0 aromatic rings. The second-order valence-corrected chi connectivity index (χ2v) is 6.02. The molecule has 6 nitrogen and oxygen atoms in total. The molecule has 11 heteroatoms. The maximum atomic E-state index is 7.56. The zero-order chi connectivity index (χ0) is 9.00. The first-order valence-corrected chi connectivity index (χ1v) is 6.89. The Labute approximate surface area is 76.7 Å². The maximum Gasteiger partial charge on any atom is 0.319 e. The first-order valence-electron chi connectivity index (χ1n) is 1.57. The molecule has 0 aliphatic carbocycles. The number of hydrogen-bond acceptors (Lipinski definition) is 2. The Morgan fingerprint density at radius 2 is 0.636 bits per heavy atom. The van der Waals surface area contributed by atoms with Gasteiger partial charge in [0.1, 0.15) is 0 Å². The summed E-state index contributed by atoms with van der Waals surface area (Å²) in [5, 5.41) is 0. The van der Waals surface area contributed by atoms with E-state index in [1.54, 1.807) is 0 Å². The lowest BCUT2D eigenvalue weighted by atomic mass is 15.8. The van der Waals surface area contributed by atoms with Crippen LogP contribution in [0.2, 0.25) is 0 Å². The molecule has 0 heterocycles. The third kappa shape index (κ3) is 466. The van der Waals surface area contributed by atoms with Crippen LogP contribution in [0, 0.1) is 0 Å². The van der Waals surface area contributed by atoms with Crippen LogP contribution in [-0.4, -0.2) is 29.4 Å². The summed E-state index contributed by atoms with van der Waals surface area (Å²) >= 11 is 7.21. The molecule has 0 aromatic carbocycles. The molecule has 0 aliphatic heterocycles. The highest BCUT2D eigenvalue weighted by molar-refractivity contribution is 8.06. The van der Waals surface area contributed by atoms with Gasteiger partial charge in [0.2, 0.25) is 0 Å². The summed E-state index contributed by atoms with van der Waals surface area (Å²) in [5.74, 6) is 0. The van der Waals surface area contributed by atoms with Crippen molar-refractivity contribution in [2.24, 2.45) is 0 Å². The highest BCUT2D eigenvalue weighted by atomic mass is 32.5. The molecule has 0 saturated heterocycles. The highest BCUT2D eigenvalue weighted by Crippen LogP contribution is 2.26. The molecule has 0 atom stereocenters. The summed E-state index contributed by atoms with van der Waals surface area (Å²) in [4.78, 5) is 45.3. The second-order valence-electron chi connectivity index (χ2n) is 1.03. The Bertz CT molecular complexity index is 128. The molecule has 69 valence electrons. The molecule has 0 amide bonds. The Morgan fingerprint density at radius 1 is 0.636 bits per heavy atom. The molecule has 0 spiro atoms. The van der Waals surface area contributed by atoms with Crippen molar-refractivity contribution < 1.29 is 29.4 Å². The minimum Gasteiger partial charge on any atom is -0.325 e. The zero-order valence-corrected chi connectivity index (χ0v) is 9.16. The monoisotopic (exact) mass is 259 g/mol. The normalized spacial score (nSPS) is 10.7. The molecule has 0 aliphatic rings. The van der Waals surface area contributed by atoms with Gasteiger partial charge in [0.05, 0.1) is 0 Å². The third-order valence-electron chi connectivity index (χ3n) is 0. The van der Waals surface area contributed by atoms with E-state index in [1.807, 2.05) is 0 Å². The van der Waals surface area contributed by atoms with E-state index in [9.17, 15) is 0 Å². The largest absolute Gasteiger partial charge is 0.325 e. The quantitative estimate of drug-likeness (QED) is 0.314. The van der Waals surface area contributed by atoms with Crippen LogP contribution < -0.4 is 0 Å². The van der Waals surface area contributed by atoms with Crippen molar-refractivity contribution in [2.75, 3.05) is 0 Å². The number of hydrogen-bond donors (Lipinski definition) is 6. The van der Waals surface area contributed by atoms with Gasteiger partial charge in [-0.3, -0.25) is 0 Å². The first-order chi connectivity index (χ1) is 4.00. The van der Waals surface area contributed by atoms with Gasteiger partial charge in [0.25, 0.3) is 0 Å². The van der Waals surface area contributed by atoms with E-state index >= 15 is 0 Å². The summed E-state index contributed by atoms with van der Waals surface area (Å²) in [6.45, 7) is -7.61. The summed E-state index contributed by atoms with van der Waals surface area (Å²) in [7, 11) is 0. The van der Waals surface area contributed by atoms with Crippen molar-refractivity contribution in [1.82, 2.24) is 0 Å². The lowest BCUT2D eigenvalue weighted by Gasteiger charge is -1.88. The Morgan fingerprint density at radius 3 is 0.636 bits per heavy atom. The van der Waals surface area contributed by atoms with Crippen LogP contribution in [0.3, 0.4) is 0 Å². The molecule has 0 bridgehead atoms. The van der Waals surface area contributed by atoms with E-state index in [2.05, 4.69) is 23.6 Å². The van der Waals surface area contributed by atoms with Gasteiger partial charge in [0.15, 0.2) is 0 Å². The highest BCUT2D eigenvalue weighted by Gasteiger charge is 1.92. The van der Waals surface area contributed by atoms with Crippen molar-refractivity contribution in [3.8, 4) is 0 Å². The van der Waals surface area contributed by atoms with Crippen LogP contribution in [0.1, 0.15) is 0 Å². The summed E-state index contributed by atoms with van der Waals surface area (Å²) in [6.07, 6.45) is 0. The fourth-order valence-corrected chi connectivity index (χ4v) is 0. The molecule has 0 unspecified atom stereocenters. The standard InChI is InChI=1S/2H3O3PS.P/c2*1-4(2,3)5;/h2*(H3,1,2,3,5);. The predicted octanol–water partition coefficient (Wildman–Crippen LogP) is -0.763. The van der Waals surface area contributed by atoms with E-state index in [4.69, 9.17) is 29.4 Å². The first kappa shape index (κ1) is 18.3. The summed E-state index contributed by atoms with van der Waals surface area (Å²) < 4.78 is 0. The maximum absolute atomic E-state index is 7.56. The van der Waals surface area contributed by atoms with Gasteiger partial charge in [-0.15, -0.1) is 0 Å². The van der Waals surface area contributed by atoms with Gasteiger partial charge >= 0.3 is 13.4 Å². The molecular weight excluding hydrogens is 253 g/mol. The molecule has 0 rings (SSSR count). The smallest absolute Gasteiger partial charge is 0.319 e. The lowest BCUT2D eigenvalue weighted by molar-refractivity contribution is 0.361. The Hall–Kier alpha value is 1.49. The van der Waals surface area contributed by atoms with Crippen molar-refractivity contribution in [3.63, 3.8) is 0 Å². The fraction of sp³-hybridized carbons (Fsp3) is 0.